The van der Waals surface area contributed by atoms with Crippen LogP contribution < -0.4 is 10.1 Å². The van der Waals surface area contributed by atoms with E-state index in [1.165, 1.54) is 0 Å². The van der Waals surface area contributed by atoms with Gasteiger partial charge in [-0.25, -0.2) is 0 Å². The van der Waals surface area contributed by atoms with Crippen molar-refractivity contribution in [1.29, 1.82) is 0 Å². The van der Waals surface area contributed by atoms with Gasteiger partial charge in [0, 0.05) is 18.2 Å². The van der Waals surface area contributed by atoms with E-state index in [2.05, 4.69) is 5.32 Å². The van der Waals surface area contributed by atoms with Gasteiger partial charge in [-0.3, -0.25) is 4.79 Å². The van der Waals surface area contributed by atoms with Crippen LogP contribution in [0.2, 0.25) is 5.02 Å². The normalized spacial score (nSPS) is 18.3. The van der Waals surface area contributed by atoms with Crippen LogP contribution in [0.25, 0.3) is 0 Å². The molecule has 1 aromatic carbocycles. The predicted molar refractivity (Wildman–Crippen MR) is 73.7 cm³/mol. The van der Waals surface area contributed by atoms with Gasteiger partial charge in [0.15, 0.2) is 0 Å². The van der Waals surface area contributed by atoms with E-state index in [0.29, 0.717) is 17.3 Å². The van der Waals surface area contributed by atoms with Crippen LogP contribution in [0.5, 0.6) is 5.75 Å². The monoisotopic (exact) mass is 283 g/mol. The fraction of sp³-hybridized carbons (Fsp3) is 0.500. The summed E-state index contributed by atoms with van der Waals surface area (Å²) in [6.07, 6.45) is 2.53. The first-order chi connectivity index (χ1) is 9.19. The van der Waals surface area contributed by atoms with Crippen molar-refractivity contribution in [3.05, 3.63) is 28.8 Å². The molecule has 1 heterocycles. The Balaban J connectivity index is 1.84. The summed E-state index contributed by atoms with van der Waals surface area (Å²) >= 11 is 6.09. The molecule has 1 fully saturated rings. The van der Waals surface area contributed by atoms with Crippen molar-refractivity contribution in [3.8, 4) is 5.75 Å². The first-order valence-corrected chi connectivity index (χ1v) is 6.77. The Bertz CT molecular complexity index is 444. The highest BCUT2D eigenvalue weighted by molar-refractivity contribution is 6.31. The van der Waals surface area contributed by atoms with Crippen LogP contribution in [0.15, 0.2) is 18.2 Å². The zero-order valence-corrected chi connectivity index (χ0v) is 11.7. The number of amides is 1. The van der Waals surface area contributed by atoms with E-state index in [4.69, 9.17) is 21.1 Å². The summed E-state index contributed by atoms with van der Waals surface area (Å²) < 4.78 is 10.5. The molecule has 1 aliphatic rings. The fourth-order valence-electron chi connectivity index (χ4n) is 2.07. The minimum absolute atomic E-state index is 0.0393. The number of carbonyl (C=O) groups excluding carboxylic acids is 1. The van der Waals surface area contributed by atoms with Crippen molar-refractivity contribution < 1.29 is 14.3 Å². The Morgan fingerprint density at radius 3 is 3.05 bits per heavy atom. The molecular formula is C14H18ClNO3. The highest BCUT2D eigenvalue weighted by Crippen LogP contribution is 2.22. The summed E-state index contributed by atoms with van der Waals surface area (Å²) in [4.78, 5) is 11.8. The Hall–Kier alpha value is -1.26. The number of hydrogen-bond acceptors (Lipinski definition) is 3. The lowest BCUT2D eigenvalue weighted by molar-refractivity contribution is -0.120. The Kier molecular flexibility index (Phi) is 5.05. The number of nitrogens with one attached hydrogen (secondary N) is 1. The van der Waals surface area contributed by atoms with Crippen LogP contribution in [0.4, 0.5) is 0 Å². The number of rotatable bonds is 5. The number of benzene rings is 1. The third kappa shape index (κ3) is 4.11. The molecule has 0 bridgehead atoms. The maximum Gasteiger partial charge on any atom is 0.224 e. The molecule has 2 rings (SSSR count). The Morgan fingerprint density at radius 1 is 1.58 bits per heavy atom. The lowest BCUT2D eigenvalue weighted by Crippen LogP contribution is -2.32. The van der Waals surface area contributed by atoms with Gasteiger partial charge in [-0.15, -0.1) is 0 Å². The predicted octanol–water partition coefficient (Wildman–Crippen LogP) is 2.19. The van der Waals surface area contributed by atoms with Gasteiger partial charge in [0.05, 0.1) is 19.6 Å². The topological polar surface area (TPSA) is 47.6 Å². The van der Waals surface area contributed by atoms with Crippen LogP contribution in [0.3, 0.4) is 0 Å². The number of methoxy groups -OCH3 is 1. The van der Waals surface area contributed by atoms with E-state index < -0.39 is 0 Å². The molecule has 0 radical (unpaired) electrons. The summed E-state index contributed by atoms with van der Waals surface area (Å²) in [5, 5.41) is 3.42. The third-order valence-corrected chi connectivity index (χ3v) is 3.51. The Morgan fingerprint density at radius 2 is 2.42 bits per heavy atom. The van der Waals surface area contributed by atoms with Gasteiger partial charge in [-0.05, 0) is 30.5 Å². The number of carbonyl (C=O) groups is 1. The molecule has 1 N–H and O–H groups in total. The van der Waals surface area contributed by atoms with Crippen LogP contribution in [0, 0.1) is 0 Å². The van der Waals surface area contributed by atoms with Gasteiger partial charge in [0.1, 0.15) is 5.75 Å². The summed E-state index contributed by atoms with van der Waals surface area (Å²) in [7, 11) is 1.58. The van der Waals surface area contributed by atoms with Crippen LogP contribution in [-0.4, -0.2) is 32.3 Å². The van der Waals surface area contributed by atoms with Crippen LogP contribution in [0.1, 0.15) is 18.4 Å². The van der Waals surface area contributed by atoms with E-state index >= 15 is 0 Å². The molecule has 1 aromatic rings. The smallest absolute Gasteiger partial charge is 0.224 e. The van der Waals surface area contributed by atoms with E-state index in [-0.39, 0.29) is 18.4 Å². The second-order valence-corrected chi connectivity index (χ2v) is 4.98. The van der Waals surface area contributed by atoms with Crippen molar-refractivity contribution >= 4 is 17.5 Å². The van der Waals surface area contributed by atoms with Gasteiger partial charge in [0.2, 0.25) is 5.91 Å². The second-order valence-electron chi connectivity index (χ2n) is 4.57. The molecular weight excluding hydrogens is 266 g/mol. The molecule has 104 valence electrons. The molecule has 0 spiro atoms. The molecule has 5 heteroatoms. The average Bonchev–Trinajstić information content (AvgIpc) is 2.92. The quantitative estimate of drug-likeness (QED) is 0.901. The molecule has 4 nitrogen and oxygen atoms in total. The molecule has 1 unspecified atom stereocenters. The molecule has 0 saturated carbocycles. The largest absolute Gasteiger partial charge is 0.497 e. The molecule has 1 amide bonds. The van der Waals surface area contributed by atoms with Gasteiger partial charge < -0.3 is 14.8 Å². The Labute approximate surface area is 118 Å². The van der Waals surface area contributed by atoms with Gasteiger partial charge in [-0.2, -0.15) is 0 Å². The van der Waals surface area contributed by atoms with E-state index in [0.717, 1.165) is 25.0 Å². The first kappa shape index (κ1) is 14.2. The first-order valence-electron chi connectivity index (χ1n) is 6.40. The number of hydrogen-bond donors (Lipinski definition) is 1. The molecule has 1 atom stereocenters. The fourth-order valence-corrected chi connectivity index (χ4v) is 2.30. The van der Waals surface area contributed by atoms with Gasteiger partial charge >= 0.3 is 0 Å². The number of ether oxygens (including phenoxy) is 2. The zero-order chi connectivity index (χ0) is 13.7. The van der Waals surface area contributed by atoms with Gasteiger partial charge in [-0.1, -0.05) is 17.7 Å². The van der Waals surface area contributed by atoms with Crippen molar-refractivity contribution in [2.24, 2.45) is 0 Å². The van der Waals surface area contributed by atoms with Crippen LogP contribution >= 0.6 is 11.6 Å². The summed E-state index contributed by atoms with van der Waals surface area (Å²) in [6, 6.07) is 5.33. The second kappa shape index (κ2) is 6.78. The van der Waals surface area contributed by atoms with E-state index in [1.807, 2.05) is 6.07 Å². The average molecular weight is 284 g/mol. The molecule has 1 saturated heterocycles. The molecule has 0 aliphatic carbocycles. The van der Waals surface area contributed by atoms with Crippen molar-refractivity contribution in [1.82, 2.24) is 5.32 Å². The van der Waals surface area contributed by atoms with E-state index in [1.54, 1.807) is 19.2 Å². The van der Waals surface area contributed by atoms with Crippen LogP contribution in [-0.2, 0) is 16.0 Å². The third-order valence-electron chi connectivity index (χ3n) is 3.16. The minimum Gasteiger partial charge on any atom is -0.497 e. The summed E-state index contributed by atoms with van der Waals surface area (Å²) in [5.74, 6) is 0.649. The van der Waals surface area contributed by atoms with E-state index in [9.17, 15) is 4.79 Å². The maximum absolute atomic E-state index is 11.8. The molecule has 0 aromatic heterocycles. The molecule has 1 aliphatic heterocycles. The molecule has 19 heavy (non-hydrogen) atoms. The zero-order valence-electron chi connectivity index (χ0n) is 10.9. The standard InChI is InChI=1S/C14H18ClNO3/c1-18-11-5-4-10(13(15)8-11)7-14(17)16-9-12-3-2-6-19-12/h4-5,8,12H,2-3,6-7,9H2,1H3,(H,16,17). The van der Waals surface area contributed by atoms with Crippen molar-refractivity contribution in [2.75, 3.05) is 20.3 Å². The minimum atomic E-state index is -0.0393. The summed E-state index contributed by atoms with van der Waals surface area (Å²) in [5.41, 5.74) is 0.798. The van der Waals surface area contributed by atoms with Crippen molar-refractivity contribution in [3.63, 3.8) is 0 Å². The van der Waals surface area contributed by atoms with Crippen molar-refractivity contribution in [2.45, 2.75) is 25.4 Å². The highest BCUT2D eigenvalue weighted by Gasteiger charge is 2.16. The SMILES string of the molecule is COc1ccc(CC(=O)NCC2CCCO2)c(Cl)c1. The highest BCUT2D eigenvalue weighted by atomic mass is 35.5. The maximum atomic E-state index is 11.8. The van der Waals surface area contributed by atoms with Gasteiger partial charge in [0.25, 0.3) is 0 Å². The lowest BCUT2D eigenvalue weighted by Gasteiger charge is -2.11. The number of halogens is 1. The summed E-state index contributed by atoms with van der Waals surface area (Å²) in [6.45, 7) is 1.37. The lowest BCUT2D eigenvalue weighted by atomic mass is 10.1.